The van der Waals surface area contributed by atoms with Crippen molar-refractivity contribution in [3.05, 3.63) is 18.7 Å². The zero-order valence-electron chi connectivity index (χ0n) is 8.93. The van der Waals surface area contributed by atoms with E-state index in [1.165, 1.54) is 13.3 Å². The summed E-state index contributed by atoms with van der Waals surface area (Å²) in [6.45, 7) is 1.47. The molecule has 0 N–H and O–H groups in total. The summed E-state index contributed by atoms with van der Waals surface area (Å²) in [6, 6.07) is 0.269. The maximum atomic E-state index is 11.0. The Morgan fingerprint density at radius 2 is 2.27 bits per heavy atom. The molecule has 82 valence electrons. The molecule has 0 spiro atoms. The molecule has 15 heavy (non-hydrogen) atoms. The van der Waals surface area contributed by atoms with Crippen molar-refractivity contribution in [1.29, 1.82) is 0 Å². The molecule has 2 atom stereocenters. The highest BCUT2D eigenvalue weighted by atomic mass is 16.5. The minimum atomic E-state index is -0.188. The lowest BCUT2D eigenvalue weighted by Crippen LogP contribution is -2.31. The highest BCUT2D eigenvalue weighted by Gasteiger charge is 2.28. The number of imidazole rings is 1. The first-order valence-corrected chi connectivity index (χ1v) is 5.42. The molecule has 0 amide bonds. The largest absolute Gasteiger partial charge is 0.460 e. The molecule has 4 nitrogen and oxygen atoms in total. The van der Waals surface area contributed by atoms with Crippen LogP contribution in [0.2, 0.25) is 0 Å². The standard InChI is InChI=1S/C11H16N2O2/c1-9(14)15-11-5-3-2-4-10(11)13-7-6-12-8-13/h6-8,10-11H,2-5H2,1H3/t10-,11-/m1/s1. The van der Waals surface area contributed by atoms with Gasteiger partial charge in [-0.1, -0.05) is 6.42 Å². The molecule has 0 unspecified atom stereocenters. The number of rotatable bonds is 2. The molecule has 1 fully saturated rings. The van der Waals surface area contributed by atoms with Gasteiger partial charge < -0.3 is 9.30 Å². The number of aromatic nitrogens is 2. The molecule has 0 bridgehead atoms. The minimum Gasteiger partial charge on any atom is -0.460 e. The second-order valence-electron chi connectivity index (χ2n) is 4.01. The van der Waals surface area contributed by atoms with Gasteiger partial charge in [0, 0.05) is 19.3 Å². The summed E-state index contributed by atoms with van der Waals surface area (Å²) in [5.41, 5.74) is 0. The van der Waals surface area contributed by atoms with Crippen LogP contribution < -0.4 is 0 Å². The molecular formula is C11H16N2O2. The Kier molecular flexibility index (Phi) is 3.04. The molecule has 0 aliphatic heterocycles. The van der Waals surface area contributed by atoms with Crippen LogP contribution in [0.4, 0.5) is 0 Å². The lowest BCUT2D eigenvalue weighted by molar-refractivity contribution is -0.150. The third kappa shape index (κ3) is 2.37. The van der Waals surface area contributed by atoms with E-state index in [0.717, 1.165) is 19.3 Å². The molecule has 2 rings (SSSR count). The Bertz CT molecular complexity index is 321. The van der Waals surface area contributed by atoms with Crippen LogP contribution in [-0.4, -0.2) is 21.6 Å². The van der Waals surface area contributed by atoms with E-state index in [0.29, 0.717) is 0 Å². The van der Waals surface area contributed by atoms with Gasteiger partial charge in [-0.2, -0.15) is 0 Å². The Morgan fingerprint density at radius 1 is 1.47 bits per heavy atom. The van der Waals surface area contributed by atoms with Crippen molar-refractivity contribution in [2.75, 3.05) is 0 Å². The third-order valence-corrected chi connectivity index (χ3v) is 2.89. The van der Waals surface area contributed by atoms with E-state index in [1.54, 1.807) is 12.5 Å². The van der Waals surface area contributed by atoms with Crippen LogP contribution in [-0.2, 0) is 9.53 Å². The Morgan fingerprint density at radius 3 is 2.93 bits per heavy atom. The Hall–Kier alpha value is -1.32. The molecule has 1 aliphatic rings. The lowest BCUT2D eigenvalue weighted by atomic mass is 9.92. The summed E-state index contributed by atoms with van der Waals surface area (Å²) in [4.78, 5) is 15.0. The van der Waals surface area contributed by atoms with Gasteiger partial charge in [-0.3, -0.25) is 4.79 Å². The summed E-state index contributed by atoms with van der Waals surface area (Å²) in [5, 5.41) is 0. The monoisotopic (exact) mass is 208 g/mol. The van der Waals surface area contributed by atoms with Crippen LogP contribution in [0, 0.1) is 0 Å². The molecular weight excluding hydrogens is 192 g/mol. The van der Waals surface area contributed by atoms with Crippen LogP contribution in [0.5, 0.6) is 0 Å². The second-order valence-corrected chi connectivity index (χ2v) is 4.01. The smallest absolute Gasteiger partial charge is 0.302 e. The van der Waals surface area contributed by atoms with E-state index in [1.807, 2.05) is 10.8 Å². The maximum absolute atomic E-state index is 11.0. The van der Waals surface area contributed by atoms with Crippen molar-refractivity contribution in [1.82, 2.24) is 9.55 Å². The maximum Gasteiger partial charge on any atom is 0.302 e. The summed E-state index contributed by atoms with van der Waals surface area (Å²) in [6.07, 6.45) is 9.88. The molecule has 1 aromatic heterocycles. The number of hydrogen-bond acceptors (Lipinski definition) is 3. The van der Waals surface area contributed by atoms with Gasteiger partial charge in [0.1, 0.15) is 6.10 Å². The first kappa shape index (κ1) is 10.2. The summed E-state index contributed by atoms with van der Waals surface area (Å²) < 4.78 is 7.39. The molecule has 1 aromatic rings. The molecule has 1 aliphatic carbocycles. The zero-order chi connectivity index (χ0) is 10.7. The quantitative estimate of drug-likeness (QED) is 0.697. The second kappa shape index (κ2) is 4.47. The topological polar surface area (TPSA) is 44.1 Å². The van der Waals surface area contributed by atoms with Crippen molar-refractivity contribution in [2.24, 2.45) is 0 Å². The van der Waals surface area contributed by atoms with Gasteiger partial charge in [0.25, 0.3) is 0 Å². The van der Waals surface area contributed by atoms with Crippen molar-refractivity contribution >= 4 is 5.97 Å². The van der Waals surface area contributed by atoms with Crippen LogP contribution in [0.15, 0.2) is 18.7 Å². The van der Waals surface area contributed by atoms with Crippen molar-refractivity contribution in [2.45, 2.75) is 44.8 Å². The summed E-state index contributed by atoms with van der Waals surface area (Å²) in [5.74, 6) is -0.188. The van der Waals surface area contributed by atoms with E-state index in [2.05, 4.69) is 4.98 Å². The average Bonchev–Trinajstić information content (AvgIpc) is 2.70. The first-order valence-electron chi connectivity index (χ1n) is 5.42. The van der Waals surface area contributed by atoms with E-state index < -0.39 is 0 Å². The fourth-order valence-corrected chi connectivity index (χ4v) is 2.23. The molecule has 0 aromatic carbocycles. The van der Waals surface area contributed by atoms with E-state index in [-0.39, 0.29) is 18.1 Å². The SMILES string of the molecule is CC(=O)O[C@@H]1CCCC[C@H]1n1ccnc1. The number of carbonyl (C=O) groups excluding carboxylic acids is 1. The Balaban J connectivity index is 2.09. The normalized spacial score (nSPS) is 26.2. The molecule has 1 heterocycles. The zero-order valence-corrected chi connectivity index (χ0v) is 8.93. The summed E-state index contributed by atoms with van der Waals surface area (Å²) in [7, 11) is 0. The van der Waals surface area contributed by atoms with E-state index in [9.17, 15) is 4.79 Å². The predicted molar refractivity (Wildman–Crippen MR) is 55.3 cm³/mol. The molecule has 0 saturated heterocycles. The van der Waals surface area contributed by atoms with Crippen LogP contribution in [0.1, 0.15) is 38.6 Å². The van der Waals surface area contributed by atoms with Gasteiger partial charge in [0.15, 0.2) is 0 Å². The van der Waals surface area contributed by atoms with Crippen LogP contribution in [0.25, 0.3) is 0 Å². The van der Waals surface area contributed by atoms with E-state index in [4.69, 9.17) is 4.74 Å². The van der Waals surface area contributed by atoms with Gasteiger partial charge in [0.2, 0.25) is 0 Å². The Labute approximate surface area is 89.3 Å². The fraction of sp³-hybridized carbons (Fsp3) is 0.636. The van der Waals surface area contributed by atoms with Gasteiger partial charge in [-0.05, 0) is 19.3 Å². The van der Waals surface area contributed by atoms with Gasteiger partial charge >= 0.3 is 5.97 Å². The predicted octanol–water partition coefficient (Wildman–Crippen LogP) is 1.93. The highest BCUT2D eigenvalue weighted by molar-refractivity contribution is 5.66. The minimum absolute atomic E-state index is 0.0189. The van der Waals surface area contributed by atoms with Crippen LogP contribution >= 0.6 is 0 Å². The van der Waals surface area contributed by atoms with Crippen molar-refractivity contribution in [3.63, 3.8) is 0 Å². The van der Waals surface area contributed by atoms with Crippen LogP contribution in [0.3, 0.4) is 0 Å². The first-order chi connectivity index (χ1) is 7.27. The molecule has 0 radical (unpaired) electrons. The fourth-order valence-electron chi connectivity index (χ4n) is 2.23. The number of ether oxygens (including phenoxy) is 1. The number of hydrogen-bond donors (Lipinski definition) is 0. The van der Waals surface area contributed by atoms with Gasteiger partial charge in [-0.25, -0.2) is 4.98 Å². The van der Waals surface area contributed by atoms with Crippen molar-refractivity contribution < 1.29 is 9.53 Å². The average molecular weight is 208 g/mol. The van der Waals surface area contributed by atoms with E-state index >= 15 is 0 Å². The van der Waals surface area contributed by atoms with Gasteiger partial charge in [0.05, 0.1) is 12.4 Å². The number of nitrogens with zero attached hydrogens (tertiary/aromatic N) is 2. The van der Waals surface area contributed by atoms with Crippen molar-refractivity contribution in [3.8, 4) is 0 Å². The highest BCUT2D eigenvalue weighted by Crippen LogP contribution is 2.30. The molecule has 4 heteroatoms. The molecule has 1 saturated carbocycles. The lowest BCUT2D eigenvalue weighted by Gasteiger charge is -2.31. The summed E-state index contributed by atoms with van der Waals surface area (Å²) >= 11 is 0. The van der Waals surface area contributed by atoms with Gasteiger partial charge in [-0.15, -0.1) is 0 Å². The number of carbonyl (C=O) groups is 1. The number of esters is 1. The third-order valence-electron chi connectivity index (χ3n) is 2.89.